The summed E-state index contributed by atoms with van der Waals surface area (Å²) in [6, 6.07) is 6.48. The summed E-state index contributed by atoms with van der Waals surface area (Å²) in [5.74, 6) is 0. The number of rotatable bonds is 4. The van der Waals surface area contributed by atoms with E-state index < -0.39 is 0 Å². The molecule has 0 spiro atoms. The Hall–Kier alpha value is -0.560. The van der Waals surface area contributed by atoms with E-state index in [1.54, 1.807) is 0 Å². The van der Waals surface area contributed by atoms with Crippen LogP contribution in [0, 0.1) is 19.3 Å². The minimum atomic E-state index is 0.150. The Labute approximate surface area is 102 Å². The van der Waals surface area contributed by atoms with Gasteiger partial charge in [-0.15, -0.1) is 6.58 Å². The third-order valence-electron chi connectivity index (χ3n) is 3.02. The van der Waals surface area contributed by atoms with Crippen molar-refractivity contribution in [2.24, 2.45) is 5.41 Å². The predicted molar refractivity (Wildman–Crippen MR) is 71.7 cm³/mol. The highest BCUT2D eigenvalue weighted by Crippen LogP contribution is 2.29. The van der Waals surface area contributed by atoms with Crippen LogP contribution >= 0.6 is 15.9 Å². The molecular weight excluding hydrogens is 248 g/mol. The van der Waals surface area contributed by atoms with Crippen LogP contribution in [0.4, 0.5) is 0 Å². The molecular formula is C14H19Br. The van der Waals surface area contributed by atoms with E-state index in [9.17, 15) is 0 Å². The van der Waals surface area contributed by atoms with Crippen LogP contribution in [-0.4, -0.2) is 5.33 Å². The van der Waals surface area contributed by atoms with Gasteiger partial charge in [0.25, 0.3) is 0 Å². The smallest absolute Gasteiger partial charge is 0.0123 e. The summed E-state index contributed by atoms with van der Waals surface area (Å²) >= 11 is 3.57. The van der Waals surface area contributed by atoms with Crippen molar-refractivity contribution in [1.29, 1.82) is 0 Å². The van der Waals surface area contributed by atoms with E-state index in [4.69, 9.17) is 0 Å². The van der Waals surface area contributed by atoms with Crippen molar-refractivity contribution in [3.05, 3.63) is 47.5 Å². The molecule has 1 aromatic rings. The van der Waals surface area contributed by atoms with Gasteiger partial charge in [-0.25, -0.2) is 0 Å². The Balaban J connectivity index is 3.03. The van der Waals surface area contributed by atoms with Crippen LogP contribution in [-0.2, 0) is 6.42 Å². The molecule has 0 N–H and O–H groups in total. The molecule has 0 bridgehead atoms. The largest absolute Gasteiger partial charge is 0.102 e. The quantitative estimate of drug-likeness (QED) is 0.559. The molecule has 1 rings (SSSR count). The van der Waals surface area contributed by atoms with Gasteiger partial charge in [0.2, 0.25) is 0 Å². The van der Waals surface area contributed by atoms with Crippen molar-refractivity contribution in [1.82, 2.24) is 0 Å². The topological polar surface area (TPSA) is 0 Å². The van der Waals surface area contributed by atoms with E-state index in [0.29, 0.717) is 0 Å². The fraction of sp³-hybridized carbons (Fsp3) is 0.429. The fourth-order valence-corrected chi connectivity index (χ4v) is 2.13. The lowest BCUT2D eigenvalue weighted by Crippen LogP contribution is -2.19. The average Bonchev–Trinajstić information content (AvgIpc) is 2.23. The second kappa shape index (κ2) is 4.98. The summed E-state index contributed by atoms with van der Waals surface area (Å²) in [5, 5.41) is 0.956. The van der Waals surface area contributed by atoms with Gasteiger partial charge < -0.3 is 0 Å². The summed E-state index contributed by atoms with van der Waals surface area (Å²) in [7, 11) is 0. The Kier molecular flexibility index (Phi) is 4.15. The van der Waals surface area contributed by atoms with Gasteiger partial charge in [0.1, 0.15) is 0 Å². The zero-order chi connectivity index (χ0) is 11.5. The maximum Gasteiger partial charge on any atom is 0.0123 e. The number of alkyl halides is 1. The van der Waals surface area contributed by atoms with Crippen LogP contribution in [0.15, 0.2) is 30.9 Å². The lowest BCUT2D eigenvalue weighted by Gasteiger charge is -2.25. The van der Waals surface area contributed by atoms with Crippen LogP contribution in [0.3, 0.4) is 0 Å². The summed E-state index contributed by atoms with van der Waals surface area (Å²) in [6.07, 6.45) is 3.11. The molecule has 1 atom stereocenters. The summed E-state index contributed by atoms with van der Waals surface area (Å²) in [6.45, 7) is 10.5. The molecule has 0 aliphatic carbocycles. The fourth-order valence-electron chi connectivity index (χ4n) is 1.71. The zero-order valence-electron chi connectivity index (χ0n) is 9.81. The first-order valence-corrected chi connectivity index (χ1v) is 6.39. The standard InChI is InChI=1S/C14H19Br/c1-5-14(4,10-15)9-13-11(2)7-6-8-12(13)3/h5-8H,1,9-10H2,2-4H3. The van der Waals surface area contributed by atoms with Crippen molar-refractivity contribution in [2.45, 2.75) is 27.2 Å². The minimum Gasteiger partial charge on any atom is -0.102 e. The van der Waals surface area contributed by atoms with Gasteiger partial charge in [-0.3, -0.25) is 0 Å². The van der Waals surface area contributed by atoms with Crippen LogP contribution in [0.1, 0.15) is 23.6 Å². The van der Waals surface area contributed by atoms with Crippen LogP contribution < -0.4 is 0 Å². The van der Waals surface area contributed by atoms with E-state index in [-0.39, 0.29) is 5.41 Å². The minimum absolute atomic E-state index is 0.150. The Morgan fingerprint density at radius 1 is 1.33 bits per heavy atom. The van der Waals surface area contributed by atoms with E-state index in [1.807, 2.05) is 6.08 Å². The molecule has 0 heterocycles. The van der Waals surface area contributed by atoms with Crippen molar-refractivity contribution < 1.29 is 0 Å². The molecule has 0 nitrogen and oxygen atoms in total. The zero-order valence-corrected chi connectivity index (χ0v) is 11.4. The van der Waals surface area contributed by atoms with Gasteiger partial charge in [-0.05, 0) is 42.4 Å². The molecule has 0 radical (unpaired) electrons. The predicted octanol–water partition coefficient (Wildman–Crippen LogP) is 4.43. The monoisotopic (exact) mass is 266 g/mol. The van der Waals surface area contributed by atoms with E-state index in [2.05, 4.69) is 61.5 Å². The Morgan fingerprint density at radius 3 is 2.27 bits per heavy atom. The van der Waals surface area contributed by atoms with Crippen LogP contribution in [0.25, 0.3) is 0 Å². The number of aryl methyl sites for hydroxylation is 2. The normalized spacial score (nSPS) is 14.7. The molecule has 1 heteroatoms. The first kappa shape index (κ1) is 12.5. The van der Waals surface area contributed by atoms with Gasteiger partial charge in [0.05, 0.1) is 0 Å². The van der Waals surface area contributed by atoms with Crippen molar-refractivity contribution >= 4 is 15.9 Å². The number of hydrogen-bond acceptors (Lipinski definition) is 0. The second-order valence-corrected chi connectivity index (χ2v) is 5.10. The molecule has 82 valence electrons. The van der Waals surface area contributed by atoms with Crippen molar-refractivity contribution in [3.8, 4) is 0 Å². The highest BCUT2D eigenvalue weighted by atomic mass is 79.9. The van der Waals surface area contributed by atoms with Crippen molar-refractivity contribution in [2.75, 3.05) is 5.33 Å². The Bertz CT molecular complexity index is 334. The molecule has 0 aliphatic rings. The lowest BCUT2D eigenvalue weighted by molar-refractivity contribution is 0.491. The summed E-state index contributed by atoms with van der Waals surface area (Å²) in [4.78, 5) is 0. The maximum atomic E-state index is 3.93. The third-order valence-corrected chi connectivity index (χ3v) is 4.30. The van der Waals surface area contributed by atoms with E-state index in [0.717, 1.165) is 11.8 Å². The first-order chi connectivity index (χ1) is 7.02. The molecule has 0 fully saturated rings. The molecule has 0 saturated carbocycles. The Morgan fingerprint density at radius 2 is 1.87 bits per heavy atom. The summed E-state index contributed by atoms with van der Waals surface area (Å²) < 4.78 is 0. The lowest BCUT2D eigenvalue weighted by atomic mass is 9.83. The van der Waals surface area contributed by atoms with Gasteiger partial charge in [0.15, 0.2) is 0 Å². The van der Waals surface area contributed by atoms with Gasteiger partial charge in [-0.2, -0.15) is 0 Å². The number of halogens is 1. The number of allylic oxidation sites excluding steroid dienone is 1. The second-order valence-electron chi connectivity index (χ2n) is 4.54. The third kappa shape index (κ3) is 2.94. The van der Waals surface area contributed by atoms with Crippen LogP contribution in [0.2, 0.25) is 0 Å². The molecule has 15 heavy (non-hydrogen) atoms. The average molecular weight is 267 g/mol. The summed E-state index contributed by atoms with van der Waals surface area (Å²) in [5.41, 5.74) is 4.36. The van der Waals surface area contributed by atoms with Gasteiger partial charge in [-0.1, -0.05) is 47.1 Å². The highest BCUT2D eigenvalue weighted by Gasteiger charge is 2.20. The van der Waals surface area contributed by atoms with E-state index >= 15 is 0 Å². The number of hydrogen-bond donors (Lipinski definition) is 0. The molecule has 0 saturated heterocycles. The van der Waals surface area contributed by atoms with Gasteiger partial charge >= 0.3 is 0 Å². The number of benzene rings is 1. The molecule has 0 aliphatic heterocycles. The maximum absolute atomic E-state index is 3.93. The highest BCUT2D eigenvalue weighted by molar-refractivity contribution is 9.09. The van der Waals surface area contributed by atoms with Crippen LogP contribution in [0.5, 0.6) is 0 Å². The first-order valence-electron chi connectivity index (χ1n) is 5.27. The molecule has 1 unspecified atom stereocenters. The molecule has 0 amide bonds. The van der Waals surface area contributed by atoms with Crippen molar-refractivity contribution in [3.63, 3.8) is 0 Å². The molecule has 0 aromatic heterocycles. The molecule has 1 aromatic carbocycles. The van der Waals surface area contributed by atoms with Gasteiger partial charge in [0, 0.05) is 5.33 Å². The van der Waals surface area contributed by atoms with E-state index in [1.165, 1.54) is 16.7 Å². The SMILES string of the molecule is C=CC(C)(CBr)Cc1c(C)cccc1C.